The Kier molecular flexibility index (Phi) is 7.61. The summed E-state index contributed by atoms with van der Waals surface area (Å²) < 4.78 is 0. The number of nitrogens with zero attached hydrogens (tertiary/aromatic N) is 2. The summed E-state index contributed by atoms with van der Waals surface area (Å²) in [6.45, 7) is 2.89. The Morgan fingerprint density at radius 2 is 1.65 bits per heavy atom. The molecular weight excluding hydrogens is 367 g/mol. The van der Waals surface area contributed by atoms with Gasteiger partial charge >= 0.3 is 0 Å². The molecule has 1 aliphatic heterocycles. The van der Waals surface area contributed by atoms with Crippen LogP contribution >= 0.6 is 24.0 Å². The topological polar surface area (TPSA) is 84.7 Å². The summed E-state index contributed by atoms with van der Waals surface area (Å²) >= 11 is 0. The molecular formula is C14H27IN4O. The first-order chi connectivity index (χ1) is 9.16. The van der Waals surface area contributed by atoms with Crippen LogP contribution in [-0.4, -0.2) is 36.4 Å². The SMILES string of the molecule is I.NC(=O)C1CCC(CN=C(N)N2CCCCC2)CC1. The lowest BCUT2D eigenvalue weighted by atomic mass is 9.82. The second-order valence-electron chi connectivity index (χ2n) is 5.87. The normalized spacial score (nSPS) is 27.8. The van der Waals surface area contributed by atoms with Gasteiger partial charge < -0.3 is 16.4 Å². The van der Waals surface area contributed by atoms with Crippen LogP contribution in [0.15, 0.2) is 4.99 Å². The van der Waals surface area contributed by atoms with Gasteiger partial charge in [-0.3, -0.25) is 9.79 Å². The third kappa shape index (κ3) is 5.10. The molecule has 1 amide bonds. The van der Waals surface area contributed by atoms with Gasteiger partial charge in [0, 0.05) is 25.6 Å². The smallest absolute Gasteiger partial charge is 0.220 e. The number of likely N-dealkylation sites (tertiary alicyclic amines) is 1. The van der Waals surface area contributed by atoms with E-state index in [9.17, 15) is 4.79 Å². The molecule has 20 heavy (non-hydrogen) atoms. The Morgan fingerprint density at radius 1 is 1.05 bits per heavy atom. The van der Waals surface area contributed by atoms with Crippen molar-refractivity contribution < 1.29 is 4.79 Å². The molecule has 0 atom stereocenters. The van der Waals surface area contributed by atoms with E-state index in [1.54, 1.807) is 0 Å². The number of piperidine rings is 1. The van der Waals surface area contributed by atoms with Crippen LogP contribution in [0, 0.1) is 11.8 Å². The summed E-state index contributed by atoms with van der Waals surface area (Å²) in [4.78, 5) is 17.8. The lowest BCUT2D eigenvalue weighted by molar-refractivity contribution is -0.122. The molecule has 1 saturated heterocycles. The molecule has 1 heterocycles. The first kappa shape index (κ1) is 17.5. The number of guanidine groups is 1. The lowest BCUT2D eigenvalue weighted by Gasteiger charge is -2.29. The van der Waals surface area contributed by atoms with E-state index >= 15 is 0 Å². The van der Waals surface area contributed by atoms with Gasteiger partial charge in [-0.1, -0.05) is 0 Å². The molecule has 2 rings (SSSR count). The van der Waals surface area contributed by atoms with Crippen LogP contribution in [0.1, 0.15) is 44.9 Å². The van der Waals surface area contributed by atoms with Gasteiger partial charge in [-0.15, -0.1) is 24.0 Å². The average molecular weight is 394 g/mol. The van der Waals surface area contributed by atoms with E-state index in [2.05, 4.69) is 9.89 Å². The molecule has 4 N–H and O–H groups in total. The molecule has 0 radical (unpaired) electrons. The largest absolute Gasteiger partial charge is 0.370 e. The van der Waals surface area contributed by atoms with E-state index in [1.165, 1.54) is 19.3 Å². The van der Waals surface area contributed by atoms with Crippen molar-refractivity contribution in [3.05, 3.63) is 0 Å². The van der Waals surface area contributed by atoms with Crippen LogP contribution in [0.5, 0.6) is 0 Å². The molecule has 0 aromatic carbocycles. The fraction of sp³-hybridized carbons (Fsp3) is 0.857. The summed E-state index contributed by atoms with van der Waals surface area (Å²) in [7, 11) is 0. The van der Waals surface area contributed by atoms with Gasteiger partial charge in [-0.25, -0.2) is 0 Å². The highest BCUT2D eigenvalue weighted by molar-refractivity contribution is 14.0. The predicted molar refractivity (Wildman–Crippen MR) is 92.0 cm³/mol. The average Bonchev–Trinajstić information content (AvgIpc) is 2.46. The zero-order valence-electron chi connectivity index (χ0n) is 12.1. The van der Waals surface area contributed by atoms with E-state index < -0.39 is 0 Å². The summed E-state index contributed by atoms with van der Waals surface area (Å²) in [5, 5.41) is 0. The minimum absolute atomic E-state index is 0. The van der Waals surface area contributed by atoms with E-state index in [0.717, 1.165) is 45.3 Å². The predicted octanol–water partition coefficient (Wildman–Crippen LogP) is 1.70. The van der Waals surface area contributed by atoms with Crippen molar-refractivity contribution in [1.82, 2.24) is 4.90 Å². The summed E-state index contributed by atoms with van der Waals surface area (Å²) in [6.07, 6.45) is 7.67. The fourth-order valence-electron chi connectivity index (χ4n) is 3.08. The zero-order chi connectivity index (χ0) is 13.7. The molecule has 1 aliphatic carbocycles. The standard InChI is InChI=1S/C14H26N4O.HI/c15-13(19)12-6-4-11(5-7-12)10-17-14(16)18-8-2-1-3-9-18;/h11-12H,1-10H2,(H2,15,19)(H2,16,17);1H. The molecule has 116 valence electrons. The van der Waals surface area contributed by atoms with Gasteiger partial charge in [0.15, 0.2) is 5.96 Å². The van der Waals surface area contributed by atoms with Crippen LogP contribution in [0.3, 0.4) is 0 Å². The van der Waals surface area contributed by atoms with Gasteiger partial charge in [0.25, 0.3) is 0 Å². The maximum absolute atomic E-state index is 11.1. The highest BCUT2D eigenvalue weighted by atomic mass is 127. The van der Waals surface area contributed by atoms with Crippen LogP contribution in [-0.2, 0) is 4.79 Å². The van der Waals surface area contributed by atoms with Crippen LogP contribution in [0.25, 0.3) is 0 Å². The number of primary amides is 1. The number of carbonyl (C=O) groups excluding carboxylic acids is 1. The monoisotopic (exact) mass is 394 g/mol. The molecule has 0 spiro atoms. The van der Waals surface area contributed by atoms with Gasteiger partial charge in [-0.2, -0.15) is 0 Å². The Morgan fingerprint density at radius 3 is 2.20 bits per heavy atom. The van der Waals surface area contributed by atoms with E-state index in [0.29, 0.717) is 11.9 Å². The van der Waals surface area contributed by atoms with Crippen LogP contribution in [0.4, 0.5) is 0 Å². The number of hydrogen-bond acceptors (Lipinski definition) is 2. The number of amides is 1. The molecule has 0 aromatic heterocycles. The molecule has 1 saturated carbocycles. The molecule has 2 fully saturated rings. The van der Waals surface area contributed by atoms with Crippen molar-refractivity contribution >= 4 is 35.8 Å². The maximum Gasteiger partial charge on any atom is 0.220 e. The van der Waals surface area contributed by atoms with E-state index in [-0.39, 0.29) is 35.8 Å². The third-order valence-electron chi connectivity index (χ3n) is 4.44. The fourth-order valence-corrected chi connectivity index (χ4v) is 3.08. The summed E-state index contributed by atoms with van der Waals surface area (Å²) in [5.74, 6) is 1.21. The van der Waals surface area contributed by atoms with Crippen molar-refractivity contribution in [1.29, 1.82) is 0 Å². The second-order valence-corrected chi connectivity index (χ2v) is 5.87. The third-order valence-corrected chi connectivity index (χ3v) is 4.44. The minimum atomic E-state index is -0.144. The van der Waals surface area contributed by atoms with Crippen LogP contribution < -0.4 is 11.5 Å². The molecule has 0 unspecified atom stereocenters. The Balaban J connectivity index is 0.00000200. The number of halogens is 1. The Hall–Kier alpha value is -0.530. The quantitative estimate of drug-likeness (QED) is 0.434. The first-order valence-electron chi connectivity index (χ1n) is 7.51. The maximum atomic E-state index is 11.1. The number of hydrogen-bond donors (Lipinski definition) is 2. The van der Waals surface area contributed by atoms with Crippen molar-refractivity contribution in [2.45, 2.75) is 44.9 Å². The molecule has 5 nitrogen and oxygen atoms in total. The summed E-state index contributed by atoms with van der Waals surface area (Å²) in [6, 6.07) is 0. The van der Waals surface area contributed by atoms with Crippen molar-refractivity contribution in [3.63, 3.8) is 0 Å². The van der Waals surface area contributed by atoms with Crippen molar-refractivity contribution in [2.75, 3.05) is 19.6 Å². The van der Waals surface area contributed by atoms with Crippen molar-refractivity contribution in [3.8, 4) is 0 Å². The second kappa shape index (κ2) is 8.69. The highest BCUT2D eigenvalue weighted by Crippen LogP contribution is 2.28. The van der Waals surface area contributed by atoms with E-state index in [1.807, 2.05) is 0 Å². The van der Waals surface area contributed by atoms with Gasteiger partial charge in [-0.05, 0) is 50.9 Å². The zero-order valence-corrected chi connectivity index (χ0v) is 14.4. The minimum Gasteiger partial charge on any atom is -0.370 e. The number of aliphatic imine (C=N–C) groups is 1. The van der Waals surface area contributed by atoms with E-state index in [4.69, 9.17) is 11.5 Å². The number of carbonyl (C=O) groups is 1. The van der Waals surface area contributed by atoms with Crippen molar-refractivity contribution in [2.24, 2.45) is 28.3 Å². The summed E-state index contributed by atoms with van der Waals surface area (Å²) in [5.41, 5.74) is 11.4. The van der Waals surface area contributed by atoms with Gasteiger partial charge in [0.2, 0.25) is 5.91 Å². The molecule has 6 heteroatoms. The van der Waals surface area contributed by atoms with Gasteiger partial charge in [0.05, 0.1) is 0 Å². The highest BCUT2D eigenvalue weighted by Gasteiger charge is 2.24. The number of rotatable bonds is 3. The first-order valence-corrected chi connectivity index (χ1v) is 7.51. The molecule has 0 bridgehead atoms. The Labute approximate surface area is 138 Å². The number of nitrogens with two attached hydrogens (primary N) is 2. The molecule has 2 aliphatic rings. The Bertz CT molecular complexity index is 334. The lowest BCUT2D eigenvalue weighted by Crippen LogP contribution is -2.41. The van der Waals surface area contributed by atoms with Crippen LogP contribution in [0.2, 0.25) is 0 Å². The molecule has 0 aromatic rings. The van der Waals surface area contributed by atoms with Gasteiger partial charge in [0.1, 0.15) is 0 Å².